The fourth-order valence-corrected chi connectivity index (χ4v) is 5.98. The van der Waals surface area contributed by atoms with Gasteiger partial charge in [-0.05, 0) is 51.0 Å². The third kappa shape index (κ3) is 4.07. The number of rotatable bonds is 4. The molecule has 0 bridgehead atoms. The van der Waals surface area contributed by atoms with Crippen molar-refractivity contribution < 1.29 is 13.2 Å². The van der Waals surface area contributed by atoms with Crippen LogP contribution in [0.25, 0.3) is 0 Å². The third-order valence-electron chi connectivity index (χ3n) is 5.87. The molecule has 3 unspecified atom stereocenters. The summed E-state index contributed by atoms with van der Waals surface area (Å²) in [6.45, 7) is 5.76. The molecule has 1 amide bonds. The van der Waals surface area contributed by atoms with Gasteiger partial charge in [0, 0.05) is 45.0 Å². The molecule has 2 aliphatic heterocycles. The van der Waals surface area contributed by atoms with Gasteiger partial charge >= 0.3 is 0 Å². The predicted octanol–water partition coefficient (Wildman–Crippen LogP) is 1.79. The van der Waals surface area contributed by atoms with Crippen LogP contribution in [0.2, 0.25) is 0 Å². The molecule has 2 aliphatic rings. The second-order valence-electron chi connectivity index (χ2n) is 8.20. The number of aromatic nitrogens is 1. The average Bonchev–Trinajstić information content (AvgIpc) is 3.03. The number of hydrogen-bond acceptors (Lipinski definition) is 4. The van der Waals surface area contributed by atoms with Gasteiger partial charge in [0.25, 0.3) is 5.91 Å². The van der Waals surface area contributed by atoms with Crippen molar-refractivity contribution >= 4 is 15.9 Å². The predicted molar refractivity (Wildman–Crippen MR) is 105 cm³/mol. The van der Waals surface area contributed by atoms with Gasteiger partial charge in [-0.3, -0.25) is 4.79 Å². The van der Waals surface area contributed by atoms with Gasteiger partial charge in [0.1, 0.15) is 10.6 Å². The Bertz CT molecular complexity index is 787. The van der Waals surface area contributed by atoms with Crippen LogP contribution in [0.5, 0.6) is 0 Å². The lowest BCUT2D eigenvalue weighted by atomic mass is 9.96. The standard InChI is InChI=1S/C19H32N4O3S/c1-14-7-6-9-22(12-14)27(25,26)16-11-18(21(3)13-16)19(24)23-10-5-4-8-17(23)15(2)20/h11,13-15,17H,4-10,12,20H2,1-3H3. The van der Waals surface area contributed by atoms with Crippen LogP contribution in [0, 0.1) is 5.92 Å². The van der Waals surface area contributed by atoms with E-state index in [1.807, 2.05) is 11.8 Å². The maximum Gasteiger partial charge on any atom is 0.270 e. The van der Waals surface area contributed by atoms with Crippen LogP contribution in [0.1, 0.15) is 56.4 Å². The normalized spacial score (nSPS) is 26.1. The first-order valence-corrected chi connectivity index (χ1v) is 11.4. The number of likely N-dealkylation sites (tertiary alicyclic amines) is 1. The van der Waals surface area contributed by atoms with Gasteiger partial charge < -0.3 is 15.2 Å². The van der Waals surface area contributed by atoms with E-state index in [0.29, 0.717) is 31.2 Å². The first-order chi connectivity index (χ1) is 12.7. The number of nitrogens with two attached hydrogens (primary N) is 1. The van der Waals surface area contributed by atoms with Crippen molar-refractivity contribution in [1.29, 1.82) is 0 Å². The summed E-state index contributed by atoms with van der Waals surface area (Å²) in [5.41, 5.74) is 6.50. The van der Waals surface area contributed by atoms with E-state index >= 15 is 0 Å². The zero-order valence-electron chi connectivity index (χ0n) is 16.6. The highest BCUT2D eigenvalue weighted by Gasteiger charge is 2.34. The molecule has 2 N–H and O–H groups in total. The molecule has 2 fully saturated rings. The van der Waals surface area contributed by atoms with E-state index in [9.17, 15) is 13.2 Å². The van der Waals surface area contributed by atoms with E-state index in [1.54, 1.807) is 22.1 Å². The Hall–Kier alpha value is -1.38. The summed E-state index contributed by atoms with van der Waals surface area (Å²) in [6, 6.07) is 1.43. The highest BCUT2D eigenvalue weighted by molar-refractivity contribution is 7.89. The van der Waals surface area contributed by atoms with Crippen LogP contribution < -0.4 is 5.73 Å². The van der Waals surface area contributed by atoms with Gasteiger partial charge in [-0.15, -0.1) is 0 Å². The summed E-state index contributed by atoms with van der Waals surface area (Å²) in [5.74, 6) is 0.228. The maximum absolute atomic E-state index is 13.1. The summed E-state index contributed by atoms with van der Waals surface area (Å²) < 4.78 is 29.3. The number of carbonyl (C=O) groups excluding carboxylic acids is 1. The van der Waals surface area contributed by atoms with E-state index in [4.69, 9.17) is 5.73 Å². The Labute approximate surface area is 162 Å². The first-order valence-electron chi connectivity index (χ1n) is 9.95. The van der Waals surface area contributed by atoms with Crippen molar-refractivity contribution in [3.8, 4) is 0 Å². The molecule has 0 saturated carbocycles. The number of aryl methyl sites for hydroxylation is 1. The zero-order chi connectivity index (χ0) is 19.8. The van der Waals surface area contributed by atoms with Crippen molar-refractivity contribution in [2.45, 2.75) is 62.9 Å². The molecule has 7 nitrogen and oxygen atoms in total. The van der Waals surface area contributed by atoms with Gasteiger partial charge in [-0.2, -0.15) is 4.31 Å². The molecule has 8 heteroatoms. The molecule has 1 aromatic rings. The Kier molecular flexibility index (Phi) is 5.98. The molecule has 0 aromatic carbocycles. The molecule has 3 heterocycles. The summed E-state index contributed by atoms with van der Waals surface area (Å²) in [7, 11) is -1.84. The van der Waals surface area contributed by atoms with Crippen LogP contribution in [-0.4, -0.2) is 59.8 Å². The Morgan fingerprint density at radius 3 is 2.63 bits per heavy atom. The zero-order valence-corrected chi connectivity index (χ0v) is 17.4. The minimum Gasteiger partial charge on any atom is -0.345 e. The topological polar surface area (TPSA) is 88.6 Å². The summed E-state index contributed by atoms with van der Waals surface area (Å²) >= 11 is 0. The number of hydrogen-bond donors (Lipinski definition) is 1. The monoisotopic (exact) mass is 396 g/mol. The van der Waals surface area contributed by atoms with Gasteiger partial charge in [0.15, 0.2) is 0 Å². The van der Waals surface area contributed by atoms with Gasteiger partial charge in [-0.1, -0.05) is 6.92 Å². The van der Waals surface area contributed by atoms with E-state index in [2.05, 4.69) is 6.92 Å². The molecule has 152 valence electrons. The molecule has 1 aromatic heterocycles. The van der Waals surface area contributed by atoms with Crippen LogP contribution in [0.15, 0.2) is 17.2 Å². The minimum absolute atomic E-state index is 0.00384. The van der Waals surface area contributed by atoms with E-state index in [1.165, 1.54) is 6.07 Å². The van der Waals surface area contributed by atoms with Gasteiger partial charge in [0.05, 0.1) is 0 Å². The lowest BCUT2D eigenvalue weighted by Crippen LogP contribution is -2.52. The number of piperidine rings is 2. The molecule has 3 rings (SSSR count). The Balaban J connectivity index is 1.86. The second-order valence-corrected chi connectivity index (χ2v) is 10.1. The van der Waals surface area contributed by atoms with Crippen molar-refractivity contribution in [1.82, 2.24) is 13.8 Å². The minimum atomic E-state index is -3.57. The fourth-order valence-electron chi connectivity index (χ4n) is 4.30. The number of nitrogens with zero attached hydrogens (tertiary/aromatic N) is 3. The molecule has 0 aliphatic carbocycles. The molecule has 2 saturated heterocycles. The fraction of sp³-hybridized carbons (Fsp3) is 0.737. The number of sulfonamides is 1. The molecule has 0 spiro atoms. The number of carbonyl (C=O) groups is 1. The van der Waals surface area contributed by atoms with Crippen LogP contribution in [0.4, 0.5) is 0 Å². The lowest BCUT2D eigenvalue weighted by molar-refractivity contribution is 0.0574. The lowest BCUT2D eigenvalue weighted by Gasteiger charge is -2.38. The Morgan fingerprint density at radius 1 is 1.22 bits per heavy atom. The number of amides is 1. The smallest absolute Gasteiger partial charge is 0.270 e. The van der Waals surface area contributed by atoms with Gasteiger partial charge in [-0.25, -0.2) is 8.42 Å². The maximum atomic E-state index is 13.1. The van der Waals surface area contributed by atoms with Crippen molar-refractivity contribution in [2.75, 3.05) is 19.6 Å². The SMILES string of the molecule is CC1CCCN(S(=O)(=O)c2cc(C(=O)N3CCCCC3C(C)N)n(C)c2)C1. The van der Waals surface area contributed by atoms with Crippen LogP contribution in [0.3, 0.4) is 0 Å². The summed E-state index contributed by atoms with van der Waals surface area (Å²) in [4.78, 5) is 15.2. The quantitative estimate of drug-likeness (QED) is 0.840. The summed E-state index contributed by atoms with van der Waals surface area (Å²) in [5, 5.41) is 0. The molecule has 27 heavy (non-hydrogen) atoms. The van der Waals surface area contributed by atoms with Crippen LogP contribution in [-0.2, 0) is 17.1 Å². The molecule has 3 atom stereocenters. The van der Waals surface area contributed by atoms with E-state index < -0.39 is 10.0 Å². The third-order valence-corrected chi connectivity index (χ3v) is 7.70. The van der Waals surface area contributed by atoms with E-state index in [-0.39, 0.29) is 22.9 Å². The summed E-state index contributed by atoms with van der Waals surface area (Å²) in [6.07, 6.45) is 6.41. The van der Waals surface area contributed by atoms with Crippen molar-refractivity contribution in [3.05, 3.63) is 18.0 Å². The van der Waals surface area contributed by atoms with Crippen molar-refractivity contribution in [3.63, 3.8) is 0 Å². The Morgan fingerprint density at radius 2 is 1.96 bits per heavy atom. The molecule has 0 radical (unpaired) electrons. The van der Waals surface area contributed by atoms with E-state index in [0.717, 1.165) is 32.1 Å². The first kappa shape index (κ1) is 20.4. The highest BCUT2D eigenvalue weighted by Crippen LogP contribution is 2.26. The molecular formula is C19H32N4O3S. The highest BCUT2D eigenvalue weighted by atomic mass is 32.2. The largest absolute Gasteiger partial charge is 0.345 e. The van der Waals surface area contributed by atoms with Crippen LogP contribution >= 0.6 is 0 Å². The van der Waals surface area contributed by atoms with Crippen molar-refractivity contribution in [2.24, 2.45) is 18.7 Å². The second kappa shape index (κ2) is 7.93. The van der Waals surface area contributed by atoms with Gasteiger partial charge in [0.2, 0.25) is 10.0 Å². The average molecular weight is 397 g/mol. The molecular weight excluding hydrogens is 364 g/mol.